The number of amides is 1. The Morgan fingerprint density at radius 2 is 1.76 bits per heavy atom. The molecule has 128 valence electrons. The van der Waals surface area contributed by atoms with E-state index in [1.807, 2.05) is 26.0 Å². The van der Waals surface area contributed by atoms with E-state index in [0.717, 1.165) is 28.9 Å². The zero-order chi connectivity index (χ0) is 18.0. The quantitative estimate of drug-likeness (QED) is 0.816. The number of nitrogens with one attached hydrogen (secondary N) is 2. The standard InChI is InChI=1S/C20H19ClN2O2/c1-12-11-14(20(25)22-16-6-4-15(21)5-7-16)3-8-17(12)23-18-9-10-19(24)13(18)2/h3-8,11,23H,9-10H2,1-2H3,(H,22,25). The van der Waals surface area contributed by atoms with Gasteiger partial charge in [-0.2, -0.15) is 0 Å². The number of carbonyl (C=O) groups is 2. The van der Waals surface area contributed by atoms with Crippen LogP contribution in [-0.2, 0) is 4.79 Å². The van der Waals surface area contributed by atoms with Crippen molar-refractivity contribution < 1.29 is 9.59 Å². The number of halogens is 1. The molecule has 0 atom stereocenters. The Kier molecular flexibility index (Phi) is 4.91. The van der Waals surface area contributed by atoms with Gasteiger partial charge in [-0.1, -0.05) is 11.6 Å². The molecule has 0 bridgehead atoms. The van der Waals surface area contributed by atoms with Gasteiger partial charge in [0, 0.05) is 39.7 Å². The number of ketones is 1. The Hall–Kier alpha value is -2.59. The predicted octanol–water partition coefficient (Wildman–Crippen LogP) is 4.95. The summed E-state index contributed by atoms with van der Waals surface area (Å²) in [6.45, 7) is 3.79. The minimum absolute atomic E-state index is 0.177. The molecule has 0 radical (unpaired) electrons. The summed E-state index contributed by atoms with van der Waals surface area (Å²) < 4.78 is 0. The van der Waals surface area contributed by atoms with E-state index >= 15 is 0 Å². The minimum Gasteiger partial charge on any atom is -0.358 e. The van der Waals surface area contributed by atoms with E-state index in [1.54, 1.807) is 30.3 Å². The van der Waals surface area contributed by atoms with Crippen LogP contribution in [0.5, 0.6) is 0 Å². The monoisotopic (exact) mass is 354 g/mol. The molecule has 2 N–H and O–H groups in total. The maximum absolute atomic E-state index is 12.4. The zero-order valence-corrected chi connectivity index (χ0v) is 14.9. The molecule has 1 aliphatic carbocycles. The maximum Gasteiger partial charge on any atom is 0.255 e. The molecule has 2 aromatic carbocycles. The van der Waals surface area contributed by atoms with E-state index in [-0.39, 0.29) is 11.7 Å². The number of anilines is 2. The Balaban J connectivity index is 1.74. The van der Waals surface area contributed by atoms with Crippen LogP contribution in [0.15, 0.2) is 53.7 Å². The average Bonchev–Trinajstić information content (AvgIpc) is 2.90. The van der Waals surface area contributed by atoms with Gasteiger partial charge in [0.15, 0.2) is 5.78 Å². The van der Waals surface area contributed by atoms with Crippen molar-refractivity contribution in [1.29, 1.82) is 0 Å². The Morgan fingerprint density at radius 3 is 2.36 bits per heavy atom. The number of hydrogen-bond acceptors (Lipinski definition) is 3. The normalized spacial score (nSPS) is 14.0. The largest absolute Gasteiger partial charge is 0.358 e. The second-order valence-electron chi connectivity index (χ2n) is 6.14. The summed E-state index contributed by atoms with van der Waals surface area (Å²) in [6.07, 6.45) is 1.30. The molecule has 0 spiro atoms. The van der Waals surface area contributed by atoms with E-state index < -0.39 is 0 Å². The van der Waals surface area contributed by atoms with Crippen molar-refractivity contribution in [3.63, 3.8) is 0 Å². The third-order valence-corrected chi connectivity index (χ3v) is 4.60. The van der Waals surface area contributed by atoms with Gasteiger partial charge in [0.1, 0.15) is 0 Å². The summed E-state index contributed by atoms with van der Waals surface area (Å²) in [5.41, 5.74) is 4.89. The van der Waals surface area contributed by atoms with Crippen LogP contribution in [0.1, 0.15) is 35.7 Å². The fourth-order valence-electron chi connectivity index (χ4n) is 2.78. The smallest absolute Gasteiger partial charge is 0.255 e. The highest BCUT2D eigenvalue weighted by atomic mass is 35.5. The van der Waals surface area contributed by atoms with Gasteiger partial charge in [0.25, 0.3) is 5.91 Å². The molecule has 0 aromatic heterocycles. The molecule has 0 fully saturated rings. The first kappa shape index (κ1) is 17.2. The lowest BCUT2D eigenvalue weighted by molar-refractivity contribution is -0.114. The lowest BCUT2D eigenvalue weighted by Crippen LogP contribution is -2.12. The molecule has 0 aliphatic heterocycles. The average molecular weight is 355 g/mol. The van der Waals surface area contributed by atoms with Crippen molar-refractivity contribution in [3.05, 3.63) is 69.9 Å². The first-order chi connectivity index (χ1) is 11.9. The van der Waals surface area contributed by atoms with Crippen molar-refractivity contribution in [2.24, 2.45) is 0 Å². The molecule has 3 rings (SSSR count). The van der Waals surface area contributed by atoms with Gasteiger partial charge in [-0.05, 0) is 68.3 Å². The third-order valence-electron chi connectivity index (χ3n) is 4.35. The van der Waals surface area contributed by atoms with Crippen molar-refractivity contribution in [2.45, 2.75) is 26.7 Å². The van der Waals surface area contributed by atoms with Crippen molar-refractivity contribution >= 4 is 34.7 Å². The van der Waals surface area contributed by atoms with Gasteiger partial charge >= 0.3 is 0 Å². The second-order valence-corrected chi connectivity index (χ2v) is 6.58. The molecule has 1 amide bonds. The number of aryl methyl sites for hydroxylation is 1. The number of hydrogen-bond donors (Lipinski definition) is 2. The van der Waals surface area contributed by atoms with E-state index in [0.29, 0.717) is 22.7 Å². The molecule has 4 nitrogen and oxygen atoms in total. The summed E-state index contributed by atoms with van der Waals surface area (Å²) in [5.74, 6) is 0.0162. The minimum atomic E-state index is -0.177. The number of rotatable bonds is 4. The van der Waals surface area contributed by atoms with Gasteiger partial charge in [-0.3, -0.25) is 9.59 Å². The second kappa shape index (κ2) is 7.11. The summed E-state index contributed by atoms with van der Waals surface area (Å²) in [6, 6.07) is 12.5. The summed E-state index contributed by atoms with van der Waals surface area (Å²) >= 11 is 5.85. The van der Waals surface area contributed by atoms with Gasteiger partial charge in [0.05, 0.1) is 0 Å². The Labute approximate surface area is 151 Å². The van der Waals surface area contributed by atoms with E-state index in [1.165, 1.54) is 0 Å². The Bertz CT molecular complexity index is 870. The van der Waals surface area contributed by atoms with E-state index in [2.05, 4.69) is 10.6 Å². The van der Waals surface area contributed by atoms with Crippen LogP contribution >= 0.6 is 11.6 Å². The number of Topliss-reactive ketones (excluding diaryl/α,β-unsaturated/α-hetero) is 1. The highest BCUT2D eigenvalue weighted by Gasteiger charge is 2.19. The van der Waals surface area contributed by atoms with Crippen LogP contribution in [0.2, 0.25) is 5.02 Å². The molecule has 1 aliphatic rings. The van der Waals surface area contributed by atoms with Crippen LogP contribution in [0, 0.1) is 6.92 Å². The van der Waals surface area contributed by atoms with Crippen LogP contribution in [0.3, 0.4) is 0 Å². The predicted molar refractivity (Wildman–Crippen MR) is 101 cm³/mol. The lowest BCUT2D eigenvalue weighted by atomic mass is 10.1. The summed E-state index contributed by atoms with van der Waals surface area (Å²) in [7, 11) is 0. The highest BCUT2D eigenvalue weighted by molar-refractivity contribution is 6.30. The van der Waals surface area contributed by atoms with Crippen molar-refractivity contribution in [1.82, 2.24) is 0 Å². The molecule has 5 heteroatoms. The molecule has 0 unspecified atom stereocenters. The Morgan fingerprint density at radius 1 is 1.04 bits per heavy atom. The molecule has 0 saturated heterocycles. The van der Waals surface area contributed by atoms with Crippen molar-refractivity contribution in [3.8, 4) is 0 Å². The molecule has 25 heavy (non-hydrogen) atoms. The van der Waals surface area contributed by atoms with Crippen LogP contribution in [0.4, 0.5) is 11.4 Å². The molecule has 0 heterocycles. The zero-order valence-electron chi connectivity index (χ0n) is 14.2. The van der Waals surface area contributed by atoms with Gasteiger partial charge in [-0.15, -0.1) is 0 Å². The fraction of sp³-hybridized carbons (Fsp3) is 0.200. The summed E-state index contributed by atoms with van der Waals surface area (Å²) in [5, 5.41) is 6.79. The van der Waals surface area contributed by atoms with Crippen molar-refractivity contribution in [2.75, 3.05) is 10.6 Å². The number of carbonyl (C=O) groups excluding carboxylic acids is 2. The molecular formula is C20H19ClN2O2. The molecule has 0 saturated carbocycles. The van der Waals surface area contributed by atoms with Crippen LogP contribution in [-0.4, -0.2) is 11.7 Å². The topological polar surface area (TPSA) is 58.2 Å². The fourth-order valence-corrected chi connectivity index (χ4v) is 2.91. The van der Waals surface area contributed by atoms with Gasteiger partial charge in [0.2, 0.25) is 0 Å². The lowest BCUT2D eigenvalue weighted by Gasteiger charge is -2.13. The maximum atomic E-state index is 12.4. The van der Waals surface area contributed by atoms with Crippen LogP contribution < -0.4 is 10.6 Å². The van der Waals surface area contributed by atoms with Gasteiger partial charge in [-0.25, -0.2) is 0 Å². The van der Waals surface area contributed by atoms with E-state index in [9.17, 15) is 9.59 Å². The van der Waals surface area contributed by atoms with Crippen LogP contribution in [0.25, 0.3) is 0 Å². The first-order valence-electron chi connectivity index (χ1n) is 8.11. The third kappa shape index (κ3) is 3.91. The summed E-state index contributed by atoms with van der Waals surface area (Å²) in [4.78, 5) is 24.0. The van der Waals surface area contributed by atoms with Gasteiger partial charge < -0.3 is 10.6 Å². The first-order valence-corrected chi connectivity index (χ1v) is 8.49. The SMILES string of the molecule is CC1=C(Nc2ccc(C(=O)Nc3ccc(Cl)cc3)cc2C)CCC1=O. The molecule has 2 aromatic rings. The van der Waals surface area contributed by atoms with E-state index in [4.69, 9.17) is 11.6 Å². The highest BCUT2D eigenvalue weighted by Crippen LogP contribution is 2.26. The number of allylic oxidation sites excluding steroid dienone is 2. The molecular weight excluding hydrogens is 336 g/mol. The number of benzene rings is 2.